The van der Waals surface area contributed by atoms with E-state index in [2.05, 4.69) is 15.9 Å². The predicted molar refractivity (Wildman–Crippen MR) is 70.8 cm³/mol. The molecule has 6 heteroatoms. The molecule has 0 spiro atoms. The van der Waals surface area contributed by atoms with Crippen LogP contribution in [0, 0.1) is 0 Å². The highest BCUT2D eigenvalue weighted by Gasteiger charge is 2.27. The lowest BCUT2D eigenvalue weighted by atomic mass is 10.1. The molecule has 1 rings (SSSR count). The lowest BCUT2D eigenvalue weighted by Crippen LogP contribution is -2.25. The second-order valence-corrected chi connectivity index (χ2v) is 5.01. The van der Waals surface area contributed by atoms with Gasteiger partial charge in [-0.3, -0.25) is 0 Å². The van der Waals surface area contributed by atoms with Crippen molar-refractivity contribution in [2.24, 2.45) is 5.73 Å². The first kappa shape index (κ1) is 15.3. The van der Waals surface area contributed by atoms with Crippen LogP contribution in [0.2, 0.25) is 0 Å². The SMILES string of the molecule is CN(CCC(F)(F)F)c1cc(Br)ccc1CCN. The normalized spacial score (nSPS) is 11.7. The van der Waals surface area contributed by atoms with Crippen LogP contribution in [0.25, 0.3) is 0 Å². The maximum atomic E-state index is 12.2. The lowest BCUT2D eigenvalue weighted by Gasteiger charge is -2.23. The van der Waals surface area contributed by atoms with Gasteiger partial charge in [0.1, 0.15) is 0 Å². The fourth-order valence-electron chi connectivity index (χ4n) is 1.67. The van der Waals surface area contributed by atoms with Gasteiger partial charge in [-0.05, 0) is 30.7 Å². The Morgan fingerprint density at radius 1 is 1.33 bits per heavy atom. The Hall–Kier alpha value is -0.750. The van der Waals surface area contributed by atoms with Gasteiger partial charge in [0.2, 0.25) is 0 Å². The van der Waals surface area contributed by atoms with E-state index in [4.69, 9.17) is 5.73 Å². The molecule has 2 nitrogen and oxygen atoms in total. The standard InChI is InChI=1S/C12H16BrF3N2/c1-18(7-5-12(14,15)16)11-8-10(13)3-2-9(11)4-6-17/h2-3,8H,4-7,17H2,1H3. The molecule has 0 fully saturated rings. The third-order valence-electron chi connectivity index (χ3n) is 2.60. The first-order valence-electron chi connectivity index (χ1n) is 5.60. The zero-order chi connectivity index (χ0) is 13.8. The Kier molecular flexibility index (Phi) is 5.47. The van der Waals surface area contributed by atoms with Crippen LogP contribution in [0.15, 0.2) is 22.7 Å². The highest BCUT2D eigenvalue weighted by molar-refractivity contribution is 9.10. The molecule has 0 amide bonds. The van der Waals surface area contributed by atoms with Gasteiger partial charge < -0.3 is 10.6 Å². The molecule has 18 heavy (non-hydrogen) atoms. The van der Waals surface area contributed by atoms with Crippen molar-refractivity contribution in [1.82, 2.24) is 0 Å². The minimum atomic E-state index is -4.13. The Morgan fingerprint density at radius 3 is 2.56 bits per heavy atom. The molecule has 102 valence electrons. The molecule has 0 aliphatic heterocycles. The molecule has 0 aliphatic rings. The van der Waals surface area contributed by atoms with Crippen LogP contribution in [0.5, 0.6) is 0 Å². The highest BCUT2D eigenvalue weighted by atomic mass is 79.9. The van der Waals surface area contributed by atoms with E-state index in [0.29, 0.717) is 13.0 Å². The number of nitrogens with two attached hydrogens (primary N) is 1. The van der Waals surface area contributed by atoms with Crippen molar-refractivity contribution in [2.45, 2.75) is 19.0 Å². The van der Waals surface area contributed by atoms with Crippen LogP contribution in [0.3, 0.4) is 0 Å². The molecule has 0 saturated heterocycles. The van der Waals surface area contributed by atoms with Crippen LogP contribution in [-0.2, 0) is 6.42 Å². The van der Waals surface area contributed by atoms with E-state index in [1.165, 1.54) is 0 Å². The van der Waals surface area contributed by atoms with E-state index in [9.17, 15) is 13.2 Å². The average Bonchev–Trinajstić information content (AvgIpc) is 2.27. The summed E-state index contributed by atoms with van der Waals surface area (Å²) in [6, 6.07) is 5.57. The largest absolute Gasteiger partial charge is 0.390 e. The zero-order valence-electron chi connectivity index (χ0n) is 10.1. The molecule has 0 unspecified atom stereocenters. The fourth-order valence-corrected chi connectivity index (χ4v) is 2.02. The molecular formula is C12H16BrF3N2. The third kappa shape index (κ3) is 4.86. The maximum absolute atomic E-state index is 12.2. The number of anilines is 1. The molecule has 0 aromatic heterocycles. The van der Waals surface area contributed by atoms with E-state index >= 15 is 0 Å². The number of nitrogens with zero attached hydrogens (tertiary/aromatic N) is 1. The molecule has 0 atom stereocenters. The van der Waals surface area contributed by atoms with E-state index in [-0.39, 0.29) is 6.54 Å². The van der Waals surface area contributed by atoms with Crippen molar-refractivity contribution >= 4 is 21.6 Å². The molecule has 1 aromatic rings. The van der Waals surface area contributed by atoms with Crippen LogP contribution < -0.4 is 10.6 Å². The lowest BCUT2D eigenvalue weighted by molar-refractivity contribution is -0.132. The first-order valence-corrected chi connectivity index (χ1v) is 6.39. The smallest absolute Gasteiger partial charge is 0.374 e. The predicted octanol–water partition coefficient (Wildman–Crippen LogP) is 3.34. The Labute approximate surface area is 113 Å². The summed E-state index contributed by atoms with van der Waals surface area (Å²) in [5.41, 5.74) is 7.25. The average molecular weight is 325 g/mol. The molecule has 2 N–H and O–H groups in total. The molecular weight excluding hydrogens is 309 g/mol. The topological polar surface area (TPSA) is 29.3 Å². The van der Waals surface area contributed by atoms with E-state index in [1.54, 1.807) is 11.9 Å². The van der Waals surface area contributed by atoms with Crippen LogP contribution in [0.4, 0.5) is 18.9 Å². The summed E-state index contributed by atoms with van der Waals surface area (Å²) in [4.78, 5) is 1.61. The summed E-state index contributed by atoms with van der Waals surface area (Å²) < 4.78 is 37.5. The zero-order valence-corrected chi connectivity index (χ0v) is 11.7. The minimum absolute atomic E-state index is 0.0580. The van der Waals surface area contributed by atoms with Gasteiger partial charge >= 0.3 is 6.18 Å². The number of alkyl halides is 3. The second-order valence-electron chi connectivity index (χ2n) is 4.10. The molecule has 0 radical (unpaired) electrons. The summed E-state index contributed by atoms with van der Waals surface area (Å²) in [7, 11) is 1.66. The van der Waals surface area contributed by atoms with Crippen molar-refractivity contribution in [3.05, 3.63) is 28.2 Å². The monoisotopic (exact) mass is 324 g/mol. The number of benzene rings is 1. The summed E-state index contributed by atoms with van der Waals surface area (Å²) in [6.07, 6.45) is -4.30. The third-order valence-corrected chi connectivity index (χ3v) is 3.10. The maximum Gasteiger partial charge on any atom is 0.390 e. The van der Waals surface area contributed by atoms with Gasteiger partial charge in [-0.1, -0.05) is 22.0 Å². The van der Waals surface area contributed by atoms with Crippen molar-refractivity contribution < 1.29 is 13.2 Å². The van der Waals surface area contributed by atoms with Crippen molar-refractivity contribution in [1.29, 1.82) is 0 Å². The van der Waals surface area contributed by atoms with Gasteiger partial charge in [0.25, 0.3) is 0 Å². The van der Waals surface area contributed by atoms with Gasteiger partial charge in [-0.15, -0.1) is 0 Å². The molecule has 0 heterocycles. The van der Waals surface area contributed by atoms with Crippen molar-refractivity contribution in [3.63, 3.8) is 0 Å². The van der Waals surface area contributed by atoms with Crippen molar-refractivity contribution in [3.8, 4) is 0 Å². The number of hydrogen-bond acceptors (Lipinski definition) is 2. The Balaban J connectivity index is 2.82. The molecule has 0 saturated carbocycles. The van der Waals surface area contributed by atoms with Gasteiger partial charge in [-0.2, -0.15) is 13.2 Å². The molecule has 1 aromatic carbocycles. The number of hydrogen-bond donors (Lipinski definition) is 1. The van der Waals surface area contributed by atoms with Crippen LogP contribution >= 0.6 is 15.9 Å². The fraction of sp³-hybridized carbons (Fsp3) is 0.500. The van der Waals surface area contributed by atoms with Crippen LogP contribution in [0.1, 0.15) is 12.0 Å². The summed E-state index contributed by atoms with van der Waals surface area (Å²) in [6.45, 7) is 0.416. The van der Waals surface area contributed by atoms with E-state index < -0.39 is 12.6 Å². The summed E-state index contributed by atoms with van der Waals surface area (Å²) in [5.74, 6) is 0. The van der Waals surface area contributed by atoms with Gasteiger partial charge in [0.15, 0.2) is 0 Å². The highest BCUT2D eigenvalue weighted by Crippen LogP contribution is 2.27. The molecule has 0 aliphatic carbocycles. The van der Waals surface area contributed by atoms with E-state index in [1.807, 2.05) is 18.2 Å². The summed E-state index contributed by atoms with van der Waals surface area (Å²) in [5, 5.41) is 0. The number of rotatable bonds is 5. The van der Waals surface area contributed by atoms with E-state index in [0.717, 1.165) is 15.7 Å². The van der Waals surface area contributed by atoms with Crippen LogP contribution in [-0.4, -0.2) is 26.3 Å². The second kappa shape index (κ2) is 6.43. The van der Waals surface area contributed by atoms with Gasteiger partial charge in [-0.25, -0.2) is 0 Å². The quantitative estimate of drug-likeness (QED) is 0.900. The van der Waals surface area contributed by atoms with Crippen molar-refractivity contribution in [2.75, 3.05) is 25.0 Å². The van der Waals surface area contributed by atoms with Gasteiger partial charge in [0, 0.05) is 23.8 Å². The first-order chi connectivity index (χ1) is 8.33. The number of halogens is 4. The van der Waals surface area contributed by atoms with Gasteiger partial charge in [0.05, 0.1) is 6.42 Å². The Morgan fingerprint density at radius 2 is 2.00 bits per heavy atom. The molecule has 0 bridgehead atoms. The Bertz CT molecular complexity index is 393. The summed E-state index contributed by atoms with van der Waals surface area (Å²) >= 11 is 3.33. The minimum Gasteiger partial charge on any atom is -0.374 e.